The summed E-state index contributed by atoms with van der Waals surface area (Å²) in [5.74, 6) is 0.723. The highest BCUT2D eigenvalue weighted by molar-refractivity contribution is 5.85. The molecule has 5 heteroatoms. The van der Waals surface area contributed by atoms with Crippen LogP contribution < -0.4 is 10.6 Å². The predicted octanol–water partition coefficient (Wildman–Crippen LogP) is 3.34. The zero-order valence-electron chi connectivity index (χ0n) is 16.7. The van der Waals surface area contributed by atoms with E-state index in [1.54, 1.807) is 19.0 Å². The third-order valence-corrected chi connectivity index (χ3v) is 5.57. The zero-order chi connectivity index (χ0) is 19.0. The number of benzene rings is 1. The maximum atomic E-state index is 11.9. The number of rotatable bonds is 7. The summed E-state index contributed by atoms with van der Waals surface area (Å²) in [7, 11) is 3.52. The number of aliphatic imine (C=N–C) groups is 1. The molecule has 2 rings (SSSR count). The summed E-state index contributed by atoms with van der Waals surface area (Å²) in [5, 5.41) is 6.98. The van der Waals surface area contributed by atoms with Crippen LogP contribution in [0.1, 0.15) is 57.6 Å². The molecule has 1 saturated carbocycles. The minimum atomic E-state index is 0.00420. The molecule has 1 aliphatic carbocycles. The van der Waals surface area contributed by atoms with E-state index in [1.165, 1.54) is 37.7 Å². The fraction of sp³-hybridized carbons (Fsp3) is 0.619. The van der Waals surface area contributed by atoms with Gasteiger partial charge >= 0.3 is 0 Å². The van der Waals surface area contributed by atoms with Crippen LogP contribution in [-0.2, 0) is 4.79 Å². The third kappa shape index (κ3) is 5.75. The van der Waals surface area contributed by atoms with Gasteiger partial charge in [0.2, 0.25) is 5.91 Å². The topological polar surface area (TPSA) is 56.7 Å². The molecule has 26 heavy (non-hydrogen) atoms. The van der Waals surface area contributed by atoms with Gasteiger partial charge in [-0.25, -0.2) is 4.99 Å². The number of hydrogen-bond donors (Lipinski definition) is 2. The van der Waals surface area contributed by atoms with Crippen molar-refractivity contribution in [2.75, 3.05) is 27.2 Å². The van der Waals surface area contributed by atoms with E-state index in [2.05, 4.69) is 41.6 Å². The lowest BCUT2D eigenvalue weighted by Crippen LogP contribution is -2.44. The summed E-state index contributed by atoms with van der Waals surface area (Å²) in [6, 6.07) is 10.4. The summed E-state index contributed by atoms with van der Waals surface area (Å²) in [6.07, 6.45) is 6.35. The molecular formula is C21H34N4O. The van der Waals surface area contributed by atoms with E-state index in [9.17, 15) is 4.79 Å². The van der Waals surface area contributed by atoms with Crippen LogP contribution in [-0.4, -0.2) is 44.0 Å². The zero-order valence-corrected chi connectivity index (χ0v) is 16.7. The smallest absolute Gasteiger partial charge is 0.243 e. The van der Waals surface area contributed by atoms with Gasteiger partial charge in [0.1, 0.15) is 6.54 Å². The molecule has 0 aliphatic heterocycles. The third-order valence-electron chi connectivity index (χ3n) is 5.57. The van der Waals surface area contributed by atoms with E-state index in [0.717, 1.165) is 12.5 Å². The maximum absolute atomic E-state index is 11.9. The van der Waals surface area contributed by atoms with Gasteiger partial charge in [-0.05, 0) is 37.2 Å². The van der Waals surface area contributed by atoms with Crippen molar-refractivity contribution in [3.8, 4) is 0 Å². The molecule has 1 fully saturated rings. The number of hydrogen-bond acceptors (Lipinski definition) is 2. The standard InChI is InChI=1S/C21H34N4O/c1-5-21(13-9-10-14-21)16-23-20(22-15-19(26)25(3)4)24-17(2)18-11-7-6-8-12-18/h6-8,11-12,17H,5,9-10,13-16H2,1-4H3,(H2,22,23,24). The van der Waals surface area contributed by atoms with Crippen LogP contribution in [0.15, 0.2) is 35.3 Å². The second kappa shape index (κ2) is 9.60. The predicted molar refractivity (Wildman–Crippen MR) is 108 cm³/mol. The van der Waals surface area contributed by atoms with Crippen molar-refractivity contribution < 1.29 is 4.79 Å². The first kappa shape index (κ1) is 20.3. The quantitative estimate of drug-likeness (QED) is 0.580. The van der Waals surface area contributed by atoms with Gasteiger partial charge in [0.05, 0.1) is 6.04 Å². The molecule has 1 aromatic rings. The van der Waals surface area contributed by atoms with Crippen molar-refractivity contribution in [3.63, 3.8) is 0 Å². The number of likely N-dealkylation sites (N-methyl/N-ethyl adjacent to an activating group) is 1. The Labute approximate surface area is 158 Å². The van der Waals surface area contributed by atoms with Gasteiger partial charge < -0.3 is 15.5 Å². The van der Waals surface area contributed by atoms with Gasteiger partial charge in [-0.2, -0.15) is 0 Å². The van der Waals surface area contributed by atoms with Crippen molar-refractivity contribution in [1.29, 1.82) is 0 Å². The summed E-state index contributed by atoms with van der Waals surface area (Å²) >= 11 is 0. The maximum Gasteiger partial charge on any atom is 0.243 e. The van der Waals surface area contributed by atoms with E-state index in [-0.39, 0.29) is 18.5 Å². The molecule has 1 amide bonds. The fourth-order valence-corrected chi connectivity index (χ4v) is 3.52. The molecule has 0 aromatic heterocycles. The molecule has 0 bridgehead atoms. The Hall–Kier alpha value is -2.04. The van der Waals surface area contributed by atoms with Crippen molar-refractivity contribution in [2.24, 2.45) is 10.4 Å². The lowest BCUT2D eigenvalue weighted by Gasteiger charge is -2.29. The summed E-state index contributed by atoms with van der Waals surface area (Å²) < 4.78 is 0. The molecule has 1 aromatic carbocycles. The van der Waals surface area contributed by atoms with E-state index in [4.69, 9.17) is 0 Å². The highest BCUT2D eigenvalue weighted by Crippen LogP contribution is 2.40. The van der Waals surface area contributed by atoms with Gasteiger partial charge in [0.25, 0.3) is 0 Å². The second-order valence-electron chi connectivity index (χ2n) is 7.64. The van der Waals surface area contributed by atoms with Crippen LogP contribution in [0.3, 0.4) is 0 Å². The van der Waals surface area contributed by atoms with E-state index < -0.39 is 0 Å². The van der Waals surface area contributed by atoms with Crippen LogP contribution in [0, 0.1) is 5.41 Å². The minimum absolute atomic E-state index is 0.00420. The summed E-state index contributed by atoms with van der Waals surface area (Å²) in [5.41, 5.74) is 1.57. The number of carbonyl (C=O) groups excluding carboxylic acids is 1. The van der Waals surface area contributed by atoms with Crippen LogP contribution in [0.5, 0.6) is 0 Å². The molecule has 1 aliphatic rings. The average Bonchev–Trinajstić information content (AvgIpc) is 3.13. The molecular weight excluding hydrogens is 324 g/mol. The number of carbonyl (C=O) groups is 1. The largest absolute Gasteiger partial charge is 0.356 e. The number of nitrogens with one attached hydrogen (secondary N) is 2. The van der Waals surface area contributed by atoms with Crippen molar-refractivity contribution in [3.05, 3.63) is 35.9 Å². The first-order chi connectivity index (χ1) is 12.5. The Morgan fingerprint density at radius 1 is 1.23 bits per heavy atom. The Bertz CT molecular complexity index is 591. The number of amides is 1. The molecule has 1 atom stereocenters. The molecule has 2 N–H and O–H groups in total. The lowest BCUT2D eigenvalue weighted by molar-refractivity contribution is -0.127. The SMILES string of the molecule is CCC1(CNC(=NCC(=O)N(C)C)NC(C)c2ccccc2)CCCC1. The first-order valence-corrected chi connectivity index (χ1v) is 9.76. The molecule has 0 heterocycles. The van der Waals surface area contributed by atoms with Gasteiger partial charge in [0.15, 0.2) is 5.96 Å². The van der Waals surface area contributed by atoms with Gasteiger partial charge in [-0.1, -0.05) is 50.1 Å². The summed E-state index contributed by atoms with van der Waals surface area (Å²) in [6.45, 7) is 5.46. The number of nitrogens with zero attached hydrogens (tertiary/aromatic N) is 2. The van der Waals surface area contributed by atoms with Gasteiger partial charge in [0, 0.05) is 20.6 Å². The highest BCUT2D eigenvalue weighted by atomic mass is 16.2. The van der Waals surface area contributed by atoms with Gasteiger partial charge in [-0.15, -0.1) is 0 Å². The molecule has 0 radical (unpaired) electrons. The van der Waals surface area contributed by atoms with E-state index in [1.807, 2.05) is 18.2 Å². The van der Waals surface area contributed by atoms with E-state index in [0.29, 0.717) is 5.41 Å². The Kier molecular flexibility index (Phi) is 7.49. The Balaban J connectivity index is 2.05. The Morgan fingerprint density at radius 3 is 2.46 bits per heavy atom. The monoisotopic (exact) mass is 358 g/mol. The van der Waals surface area contributed by atoms with Crippen molar-refractivity contribution in [1.82, 2.24) is 15.5 Å². The minimum Gasteiger partial charge on any atom is -0.356 e. The van der Waals surface area contributed by atoms with Crippen LogP contribution in [0.25, 0.3) is 0 Å². The van der Waals surface area contributed by atoms with E-state index >= 15 is 0 Å². The fourth-order valence-electron chi connectivity index (χ4n) is 3.52. The van der Waals surface area contributed by atoms with Crippen molar-refractivity contribution in [2.45, 2.75) is 52.0 Å². The highest BCUT2D eigenvalue weighted by Gasteiger charge is 2.32. The van der Waals surface area contributed by atoms with Crippen LogP contribution in [0.2, 0.25) is 0 Å². The molecule has 1 unspecified atom stereocenters. The summed E-state index contributed by atoms with van der Waals surface area (Å²) in [4.78, 5) is 18.1. The molecule has 144 valence electrons. The average molecular weight is 359 g/mol. The second-order valence-corrected chi connectivity index (χ2v) is 7.64. The number of guanidine groups is 1. The normalized spacial score (nSPS) is 17.6. The lowest BCUT2D eigenvalue weighted by atomic mass is 9.83. The molecule has 0 saturated heterocycles. The van der Waals surface area contributed by atoms with Crippen LogP contribution in [0.4, 0.5) is 0 Å². The van der Waals surface area contributed by atoms with Gasteiger partial charge in [-0.3, -0.25) is 4.79 Å². The molecule has 5 nitrogen and oxygen atoms in total. The van der Waals surface area contributed by atoms with Crippen molar-refractivity contribution >= 4 is 11.9 Å². The first-order valence-electron chi connectivity index (χ1n) is 9.76. The Morgan fingerprint density at radius 2 is 1.88 bits per heavy atom. The molecule has 0 spiro atoms. The van der Waals surface area contributed by atoms with Crippen LogP contribution >= 0.6 is 0 Å².